The zero-order chi connectivity index (χ0) is 15.4. The number of nitrogens with two attached hydrogens (primary N) is 1. The lowest BCUT2D eigenvalue weighted by Gasteiger charge is -2.34. The van der Waals surface area contributed by atoms with Gasteiger partial charge in [0, 0.05) is 19.1 Å². The van der Waals surface area contributed by atoms with Gasteiger partial charge in [-0.15, -0.1) is 0 Å². The van der Waals surface area contributed by atoms with Crippen LogP contribution in [-0.4, -0.2) is 47.0 Å². The number of hydrogen-bond acceptors (Lipinski definition) is 3. The van der Waals surface area contributed by atoms with Crippen LogP contribution in [0.25, 0.3) is 0 Å². The van der Waals surface area contributed by atoms with Crippen LogP contribution >= 0.6 is 0 Å². The molecule has 0 aromatic rings. The molecule has 1 aliphatic heterocycles. The summed E-state index contributed by atoms with van der Waals surface area (Å²) in [6, 6.07) is -0.137. The van der Waals surface area contributed by atoms with E-state index in [0.717, 1.165) is 12.8 Å². The van der Waals surface area contributed by atoms with Crippen LogP contribution in [0.2, 0.25) is 0 Å². The molecule has 3 amide bonds. The highest BCUT2D eigenvalue weighted by Gasteiger charge is 2.30. The number of urea groups is 1. The Morgan fingerprint density at radius 2 is 1.71 bits per heavy atom. The highest BCUT2D eigenvalue weighted by Crippen LogP contribution is 2.25. The van der Waals surface area contributed by atoms with E-state index in [1.165, 1.54) is 0 Å². The summed E-state index contributed by atoms with van der Waals surface area (Å²) in [5.74, 6) is -1.64. The van der Waals surface area contributed by atoms with Crippen molar-refractivity contribution in [2.45, 2.75) is 44.6 Å². The number of carbonyl (C=O) groups is 3. The molecule has 118 valence electrons. The van der Waals surface area contributed by atoms with Gasteiger partial charge in [0.2, 0.25) is 5.91 Å². The number of nitrogens with zero attached hydrogens (tertiary/aromatic N) is 1. The summed E-state index contributed by atoms with van der Waals surface area (Å²) < 4.78 is 0. The molecule has 0 radical (unpaired) electrons. The van der Waals surface area contributed by atoms with Gasteiger partial charge in [-0.25, -0.2) is 4.79 Å². The summed E-state index contributed by atoms with van der Waals surface area (Å²) in [6.07, 6.45) is 4.11. The van der Waals surface area contributed by atoms with Crippen LogP contribution in [0, 0.1) is 11.8 Å². The maximum absolute atomic E-state index is 12.2. The molecule has 1 atom stereocenters. The van der Waals surface area contributed by atoms with E-state index in [4.69, 9.17) is 10.8 Å². The molecule has 1 unspecified atom stereocenters. The van der Waals surface area contributed by atoms with Crippen LogP contribution in [0.15, 0.2) is 0 Å². The highest BCUT2D eigenvalue weighted by molar-refractivity contribution is 5.79. The number of likely N-dealkylation sites (tertiary alicyclic amines) is 1. The van der Waals surface area contributed by atoms with Crippen molar-refractivity contribution in [1.82, 2.24) is 10.2 Å². The number of nitrogens with one attached hydrogen (secondary N) is 1. The first-order valence-corrected chi connectivity index (χ1v) is 7.55. The number of aliphatic carboxylic acids is 1. The van der Waals surface area contributed by atoms with E-state index < -0.39 is 5.97 Å². The van der Waals surface area contributed by atoms with E-state index >= 15 is 0 Å². The number of piperidine rings is 1. The van der Waals surface area contributed by atoms with Crippen molar-refractivity contribution in [3.8, 4) is 0 Å². The van der Waals surface area contributed by atoms with Crippen molar-refractivity contribution in [2.24, 2.45) is 17.6 Å². The molecule has 2 rings (SSSR count). The van der Waals surface area contributed by atoms with Gasteiger partial charge in [-0.05, 0) is 38.5 Å². The SMILES string of the molecule is NC(=O)C1CCCN(C(=O)NC2CCC(C(=O)O)CC2)C1. The smallest absolute Gasteiger partial charge is 0.317 e. The van der Waals surface area contributed by atoms with Gasteiger partial charge in [0.25, 0.3) is 0 Å². The largest absolute Gasteiger partial charge is 0.481 e. The molecule has 1 saturated heterocycles. The van der Waals surface area contributed by atoms with Crippen molar-refractivity contribution in [3.63, 3.8) is 0 Å². The molecule has 21 heavy (non-hydrogen) atoms. The van der Waals surface area contributed by atoms with Gasteiger partial charge in [0.05, 0.1) is 11.8 Å². The first-order chi connectivity index (χ1) is 9.97. The summed E-state index contributed by atoms with van der Waals surface area (Å²) in [6.45, 7) is 1.02. The third-order valence-corrected chi connectivity index (χ3v) is 4.51. The molecule has 7 heteroatoms. The van der Waals surface area contributed by atoms with Gasteiger partial charge < -0.3 is 21.1 Å². The second-order valence-corrected chi connectivity index (χ2v) is 6.02. The van der Waals surface area contributed by atoms with E-state index in [2.05, 4.69) is 5.32 Å². The van der Waals surface area contributed by atoms with Crippen LogP contribution in [0.5, 0.6) is 0 Å². The molecule has 0 aromatic heterocycles. The van der Waals surface area contributed by atoms with Crippen LogP contribution in [0.4, 0.5) is 4.79 Å². The molecule has 0 spiro atoms. The Hall–Kier alpha value is -1.79. The van der Waals surface area contributed by atoms with Gasteiger partial charge >= 0.3 is 12.0 Å². The Balaban J connectivity index is 1.79. The van der Waals surface area contributed by atoms with Gasteiger partial charge in [0.15, 0.2) is 0 Å². The second kappa shape index (κ2) is 6.78. The average Bonchev–Trinajstić information content (AvgIpc) is 2.48. The fourth-order valence-electron chi connectivity index (χ4n) is 3.14. The minimum Gasteiger partial charge on any atom is -0.481 e. The Kier molecular flexibility index (Phi) is 5.03. The van der Waals surface area contributed by atoms with Crippen molar-refractivity contribution in [2.75, 3.05) is 13.1 Å². The predicted molar refractivity (Wildman–Crippen MR) is 75.4 cm³/mol. The second-order valence-electron chi connectivity index (χ2n) is 6.02. The van der Waals surface area contributed by atoms with Crippen LogP contribution in [0.1, 0.15) is 38.5 Å². The van der Waals surface area contributed by atoms with Crippen molar-refractivity contribution < 1.29 is 19.5 Å². The van der Waals surface area contributed by atoms with E-state index in [9.17, 15) is 14.4 Å². The number of carboxylic acids is 1. The molecule has 0 aromatic carbocycles. The lowest BCUT2D eigenvalue weighted by Crippen LogP contribution is -2.51. The van der Waals surface area contributed by atoms with Gasteiger partial charge in [-0.3, -0.25) is 9.59 Å². The first-order valence-electron chi connectivity index (χ1n) is 7.55. The van der Waals surface area contributed by atoms with Gasteiger partial charge in [-0.2, -0.15) is 0 Å². The fraction of sp³-hybridized carbons (Fsp3) is 0.786. The molecule has 1 saturated carbocycles. The molecule has 2 aliphatic rings. The first kappa shape index (κ1) is 15.6. The Morgan fingerprint density at radius 3 is 2.29 bits per heavy atom. The maximum atomic E-state index is 12.2. The van der Waals surface area contributed by atoms with Crippen LogP contribution < -0.4 is 11.1 Å². The monoisotopic (exact) mass is 297 g/mol. The third-order valence-electron chi connectivity index (χ3n) is 4.51. The summed E-state index contributed by atoms with van der Waals surface area (Å²) in [5.41, 5.74) is 5.30. The molecule has 2 fully saturated rings. The summed E-state index contributed by atoms with van der Waals surface area (Å²) in [5, 5.41) is 11.9. The zero-order valence-corrected chi connectivity index (χ0v) is 12.1. The summed E-state index contributed by atoms with van der Waals surface area (Å²) >= 11 is 0. The normalized spacial score (nSPS) is 29.7. The summed E-state index contributed by atoms with van der Waals surface area (Å²) in [4.78, 5) is 35.9. The standard InChI is InChI=1S/C14H23N3O4/c15-12(18)10-2-1-7-17(8-10)14(21)16-11-5-3-9(4-6-11)13(19)20/h9-11H,1-8H2,(H2,15,18)(H,16,21)(H,19,20). The van der Waals surface area contributed by atoms with E-state index in [-0.39, 0.29) is 29.8 Å². The third kappa shape index (κ3) is 4.09. The number of amides is 3. The Labute approximate surface area is 123 Å². The number of primary amides is 1. The highest BCUT2D eigenvalue weighted by atomic mass is 16.4. The fourth-order valence-corrected chi connectivity index (χ4v) is 3.14. The number of rotatable bonds is 3. The average molecular weight is 297 g/mol. The van der Waals surface area contributed by atoms with Crippen LogP contribution in [0.3, 0.4) is 0 Å². The Morgan fingerprint density at radius 1 is 1.05 bits per heavy atom. The van der Waals surface area contributed by atoms with Gasteiger partial charge in [-0.1, -0.05) is 0 Å². The molecule has 1 aliphatic carbocycles. The van der Waals surface area contributed by atoms with Crippen molar-refractivity contribution in [3.05, 3.63) is 0 Å². The number of carboxylic acid groups (broad SMARTS) is 1. The molecular weight excluding hydrogens is 274 g/mol. The molecule has 4 N–H and O–H groups in total. The maximum Gasteiger partial charge on any atom is 0.317 e. The van der Waals surface area contributed by atoms with Gasteiger partial charge in [0.1, 0.15) is 0 Å². The lowest BCUT2D eigenvalue weighted by molar-refractivity contribution is -0.142. The van der Waals surface area contributed by atoms with E-state index in [1.54, 1.807) is 4.90 Å². The number of hydrogen-bond donors (Lipinski definition) is 3. The van der Waals surface area contributed by atoms with Crippen LogP contribution in [-0.2, 0) is 9.59 Å². The van der Waals surface area contributed by atoms with E-state index in [1.807, 2.05) is 0 Å². The Bertz CT molecular complexity index is 418. The quantitative estimate of drug-likeness (QED) is 0.705. The zero-order valence-electron chi connectivity index (χ0n) is 12.1. The van der Waals surface area contributed by atoms with Crippen molar-refractivity contribution in [1.29, 1.82) is 0 Å². The van der Waals surface area contributed by atoms with Crippen molar-refractivity contribution >= 4 is 17.9 Å². The molecular formula is C14H23N3O4. The molecule has 1 heterocycles. The molecule has 7 nitrogen and oxygen atoms in total. The minimum atomic E-state index is -0.750. The van der Waals surface area contributed by atoms with E-state index in [0.29, 0.717) is 38.8 Å². The topological polar surface area (TPSA) is 113 Å². The minimum absolute atomic E-state index is 0.0297. The predicted octanol–water partition coefficient (Wildman–Crippen LogP) is 0.537. The number of carbonyl (C=O) groups excluding carboxylic acids is 2. The molecule has 0 bridgehead atoms. The lowest BCUT2D eigenvalue weighted by atomic mass is 9.86. The summed E-state index contributed by atoms with van der Waals surface area (Å²) in [7, 11) is 0.